The van der Waals surface area contributed by atoms with Crippen molar-refractivity contribution in [2.45, 2.75) is 79.0 Å². The fourth-order valence-corrected chi connectivity index (χ4v) is 3.75. The molecule has 0 fully saturated rings. The highest BCUT2D eigenvalue weighted by molar-refractivity contribution is 5.76. The number of hydrogen-bond donors (Lipinski definition) is 1. The number of rotatable bonds is 3. The summed E-state index contributed by atoms with van der Waals surface area (Å²) in [6.45, 7) is 12.6. The second-order valence-corrected chi connectivity index (χ2v) is 10.4. The summed E-state index contributed by atoms with van der Waals surface area (Å²) in [7, 11) is 1.77. The molecule has 0 saturated heterocycles. The molecule has 30 heavy (non-hydrogen) atoms. The molecule has 0 saturated carbocycles. The van der Waals surface area contributed by atoms with Gasteiger partial charge in [0.1, 0.15) is 5.60 Å². The van der Waals surface area contributed by atoms with Crippen molar-refractivity contribution in [2.24, 2.45) is 12.5 Å². The number of aryl methyl sites for hydroxylation is 1. The molecule has 7 nitrogen and oxygen atoms in total. The topological polar surface area (TPSA) is 78.2 Å². The number of allylic oxidation sites excluding steroid dienone is 1. The Morgan fingerprint density at radius 1 is 1.23 bits per heavy atom. The number of fused-ring (bicyclic) bond motifs is 1. The van der Waals surface area contributed by atoms with Gasteiger partial charge in [0.05, 0.1) is 11.2 Å². The summed E-state index contributed by atoms with van der Waals surface area (Å²) in [6, 6.07) is 4.05. The first-order valence-corrected chi connectivity index (χ1v) is 10.6. The van der Waals surface area contributed by atoms with Gasteiger partial charge < -0.3 is 10.1 Å². The highest BCUT2D eigenvalue weighted by Crippen LogP contribution is 2.28. The van der Waals surface area contributed by atoms with Crippen LogP contribution in [0.25, 0.3) is 16.7 Å². The van der Waals surface area contributed by atoms with Crippen LogP contribution in [-0.2, 0) is 18.3 Å². The lowest BCUT2D eigenvalue weighted by atomic mass is 9.93. The van der Waals surface area contributed by atoms with Gasteiger partial charge in [0.15, 0.2) is 5.65 Å². The van der Waals surface area contributed by atoms with Crippen molar-refractivity contribution in [3.8, 4) is 0 Å². The molecule has 2 aromatic heterocycles. The Balaban J connectivity index is 1.78. The molecule has 0 radical (unpaired) electrons. The number of carbonyl (C=O) groups excluding carboxylic acids is 1. The maximum absolute atomic E-state index is 12.7. The zero-order chi connectivity index (χ0) is 22.3. The Labute approximate surface area is 178 Å². The van der Waals surface area contributed by atoms with Crippen LogP contribution < -0.4 is 11.0 Å². The fraction of sp³-hybridized carbons (Fsp3) is 0.609. The average Bonchev–Trinajstić information content (AvgIpc) is 2.84. The van der Waals surface area contributed by atoms with E-state index in [-0.39, 0.29) is 23.2 Å². The molecule has 0 aromatic carbocycles. The Kier molecular flexibility index (Phi) is 5.85. The molecule has 1 unspecified atom stereocenters. The predicted octanol–water partition coefficient (Wildman–Crippen LogP) is 4.24. The second kappa shape index (κ2) is 7.93. The van der Waals surface area contributed by atoms with Crippen LogP contribution in [0.4, 0.5) is 4.79 Å². The summed E-state index contributed by atoms with van der Waals surface area (Å²) in [6.07, 6.45) is 4.13. The predicted molar refractivity (Wildman–Crippen MR) is 119 cm³/mol. The van der Waals surface area contributed by atoms with Gasteiger partial charge in [0, 0.05) is 19.6 Å². The van der Waals surface area contributed by atoms with E-state index in [4.69, 9.17) is 9.72 Å². The van der Waals surface area contributed by atoms with Crippen LogP contribution in [0.5, 0.6) is 0 Å². The highest BCUT2D eigenvalue weighted by Gasteiger charge is 2.23. The molecule has 3 rings (SSSR count). The molecule has 1 aliphatic carbocycles. The Bertz CT molecular complexity index is 1030. The number of imidazole rings is 1. The first-order valence-electron chi connectivity index (χ1n) is 10.6. The maximum atomic E-state index is 12.7. The van der Waals surface area contributed by atoms with E-state index in [2.05, 4.69) is 32.2 Å². The normalized spacial score (nSPS) is 17.7. The molecule has 2 aromatic rings. The monoisotopic (exact) mass is 414 g/mol. The van der Waals surface area contributed by atoms with Crippen molar-refractivity contribution in [3.05, 3.63) is 34.4 Å². The van der Waals surface area contributed by atoms with Crippen molar-refractivity contribution in [3.63, 3.8) is 0 Å². The molecule has 1 N–H and O–H groups in total. The molecular formula is C23H34N4O3. The first kappa shape index (κ1) is 22.1. The van der Waals surface area contributed by atoms with Crippen molar-refractivity contribution in [1.82, 2.24) is 19.4 Å². The number of aromatic nitrogens is 3. The van der Waals surface area contributed by atoms with Gasteiger partial charge in [-0.05, 0) is 63.2 Å². The van der Waals surface area contributed by atoms with Crippen LogP contribution >= 0.6 is 0 Å². The van der Waals surface area contributed by atoms with Gasteiger partial charge in [-0.15, -0.1) is 0 Å². The van der Waals surface area contributed by atoms with Crippen LogP contribution in [0.1, 0.15) is 66.5 Å². The van der Waals surface area contributed by atoms with Crippen LogP contribution in [0.2, 0.25) is 0 Å². The molecule has 164 valence electrons. The maximum Gasteiger partial charge on any atom is 0.407 e. The van der Waals surface area contributed by atoms with Gasteiger partial charge in [0.25, 0.3) is 0 Å². The highest BCUT2D eigenvalue weighted by atomic mass is 16.6. The summed E-state index contributed by atoms with van der Waals surface area (Å²) >= 11 is 0. The minimum Gasteiger partial charge on any atom is -0.444 e. The van der Waals surface area contributed by atoms with Crippen LogP contribution in [0, 0.1) is 5.41 Å². The third-order valence-corrected chi connectivity index (χ3v) is 5.07. The zero-order valence-electron chi connectivity index (χ0n) is 19.2. The Hall–Kier alpha value is -2.57. The molecular weight excluding hydrogens is 380 g/mol. The van der Waals surface area contributed by atoms with E-state index < -0.39 is 5.60 Å². The SMILES string of the molecule is Cn1c(=O)n(CC(C)(C)C)c2ccc(C3=CCC(NC(=O)OC(C)(C)C)CC3)nc21. The standard InChI is InChI=1S/C23H34N4O3/c1-22(2,3)14-27-18-13-12-17(25-19(18)26(7)21(27)29)15-8-10-16(11-9-15)24-20(28)30-23(4,5)6/h8,12-13,16H,9-11,14H2,1-7H3,(H,24,28). The van der Waals surface area contributed by atoms with E-state index in [0.29, 0.717) is 12.2 Å². The van der Waals surface area contributed by atoms with Crippen LogP contribution in [0.15, 0.2) is 23.0 Å². The first-order chi connectivity index (χ1) is 13.8. The van der Waals surface area contributed by atoms with Crippen LogP contribution in [0.3, 0.4) is 0 Å². The van der Waals surface area contributed by atoms with E-state index in [0.717, 1.165) is 36.0 Å². The summed E-state index contributed by atoms with van der Waals surface area (Å²) in [5.74, 6) is 0. The Morgan fingerprint density at radius 3 is 2.50 bits per heavy atom. The van der Waals surface area contributed by atoms with Crippen molar-refractivity contribution >= 4 is 22.8 Å². The Morgan fingerprint density at radius 2 is 1.93 bits per heavy atom. The number of carbonyl (C=O) groups is 1. The van der Waals surface area contributed by atoms with Gasteiger partial charge in [-0.2, -0.15) is 0 Å². The molecule has 0 bridgehead atoms. The van der Waals surface area contributed by atoms with Crippen molar-refractivity contribution < 1.29 is 9.53 Å². The third kappa shape index (κ3) is 5.12. The third-order valence-electron chi connectivity index (χ3n) is 5.07. The summed E-state index contributed by atoms with van der Waals surface area (Å²) in [4.78, 5) is 29.5. The van der Waals surface area contributed by atoms with Gasteiger partial charge in [-0.25, -0.2) is 14.6 Å². The lowest BCUT2D eigenvalue weighted by molar-refractivity contribution is 0.0502. The zero-order valence-corrected chi connectivity index (χ0v) is 19.2. The molecule has 1 aliphatic rings. The number of amides is 1. The molecule has 0 aliphatic heterocycles. The van der Waals surface area contributed by atoms with E-state index in [1.54, 1.807) is 11.6 Å². The van der Waals surface area contributed by atoms with Gasteiger partial charge in [0.2, 0.25) is 0 Å². The van der Waals surface area contributed by atoms with Gasteiger partial charge in [-0.3, -0.25) is 9.13 Å². The molecule has 0 spiro atoms. The summed E-state index contributed by atoms with van der Waals surface area (Å²) in [5.41, 5.74) is 3.07. The number of pyridine rings is 1. The summed E-state index contributed by atoms with van der Waals surface area (Å²) in [5, 5.41) is 2.94. The van der Waals surface area contributed by atoms with Crippen molar-refractivity contribution in [2.75, 3.05) is 0 Å². The number of hydrogen-bond acceptors (Lipinski definition) is 4. The number of nitrogens with zero attached hydrogens (tertiary/aromatic N) is 3. The number of alkyl carbamates (subject to hydrolysis) is 1. The lowest BCUT2D eigenvalue weighted by Crippen LogP contribution is -2.39. The largest absolute Gasteiger partial charge is 0.444 e. The van der Waals surface area contributed by atoms with Crippen molar-refractivity contribution in [1.29, 1.82) is 0 Å². The quantitative estimate of drug-likeness (QED) is 0.815. The molecule has 1 amide bonds. The number of nitrogens with one attached hydrogen (secondary N) is 1. The molecule has 7 heteroatoms. The van der Waals surface area contributed by atoms with E-state index >= 15 is 0 Å². The smallest absolute Gasteiger partial charge is 0.407 e. The van der Waals surface area contributed by atoms with Gasteiger partial charge >= 0.3 is 11.8 Å². The number of ether oxygens (including phenoxy) is 1. The van der Waals surface area contributed by atoms with Gasteiger partial charge in [-0.1, -0.05) is 26.8 Å². The van der Waals surface area contributed by atoms with E-state index in [1.807, 2.05) is 37.5 Å². The van der Waals surface area contributed by atoms with E-state index in [9.17, 15) is 9.59 Å². The van der Waals surface area contributed by atoms with Crippen LogP contribution in [-0.4, -0.2) is 31.9 Å². The average molecular weight is 415 g/mol. The minimum absolute atomic E-state index is 0.00116. The van der Waals surface area contributed by atoms with E-state index in [1.165, 1.54) is 0 Å². The molecule has 2 heterocycles. The summed E-state index contributed by atoms with van der Waals surface area (Å²) < 4.78 is 8.78. The fourth-order valence-electron chi connectivity index (χ4n) is 3.75. The second-order valence-electron chi connectivity index (χ2n) is 10.4. The minimum atomic E-state index is -0.502. The lowest BCUT2D eigenvalue weighted by Gasteiger charge is -2.25. The molecule has 1 atom stereocenters.